The van der Waals surface area contributed by atoms with Crippen LogP contribution in [0.3, 0.4) is 0 Å². The number of aromatic nitrogens is 2. The lowest BCUT2D eigenvalue weighted by atomic mass is 9.88. The summed E-state index contributed by atoms with van der Waals surface area (Å²) in [7, 11) is 0. The third-order valence-corrected chi connectivity index (χ3v) is 5.36. The Kier molecular flexibility index (Phi) is 5.42. The van der Waals surface area contributed by atoms with Gasteiger partial charge in [0.15, 0.2) is 0 Å². The molecular weight excluding hydrogens is 364 g/mol. The minimum Gasteiger partial charge on any atom is -0.370 e. The Morgan fingerprint density at radius 2 is 1.93 bits per heavy atom. The van der Waals surface area contributed by atoms with E-state index < -0.39 is 0 Å². The van der Waals surface area contributed by atoms with E-state index in [1.807, 2.05) is 30.5 Å². The second kappa shape index (κ2) is 8.31. The molecule has 0 spiro atoms. The average molecular weight is 388 g/mol. The fraction of sp³-hybridized carbons (Fsp3) is 0.261. The van der Waals surface area contributed by atoms with Crippen molar-refractivity contribution >= 4 is 11.8 Å². The van der Waals surface area contributed by atoms with E-state index in [-0.39, 0.29) is 24.3 Å². The van der Waals surface area contributed by atoms with E-state index >= 15 is 0 Å². The molecule has 0 aliphatic heterocycles. The number of carbonyl (C=O) groups is 2. The van der Waals surface area contributed by atoms with Gasteiger partial charge in [0.2, 0.25) is 5.91 Å². The highest BCUT2D eigenvalue weighted by atomic mass is 16.2. The predicted molar refractivity (Wildman–Crippen MR) is 111 cm³/mol. The zero-order valence-corrected chi connectivity index (χ0v) is 16.2. The molecule has 6 nitrogen and oxygen atoms in total. The van der Waals surface area contributed by atoms with Crippen LogP contribution in [0.5, 0.6) is 0 Å². The molecular formula is C23H24N4O2. The molecule has 4 rings (SSSR count). The number of amides is 2. The molecule has 1 aromatic heterocycles. The number of nitrogens with zero attached hydrogens (tertiary/aromatic N) is 2. The molecule has 1 heterocycles. The van der Waals surface area contributed by atoms with Crippen molar-refractivity contribution in [3.8, 4) is 11.1 Å². The van der Waals surface area contributed by atoms with Crippen molar-refractivity contribution in [2.24, 2.45) is 5.73 Å². The van der Waals surface area contributed by atoms with E-state index in [9.17, 15) is 9.59 Å². The molecule has 29 heavy (non-hydrogen) atoms. The smallest absolute Gasteiger partial charge is 0.251 e. The number of fused-ring (bicyclic) bond motifs is 1. The molecule has 3 aromatic rings. The number of aryl methyl sites for hydroxylation is 2. The zero-order chi connectivity index (χ0) is 20.2. The van der Waals surface area contributed by atoms with Crippen molar-refractivity contribution < 1.29 is 9.59 Å². The summed E-state index contributed by atoms with van der Waals surface area (Å²) in [6.07, 6.45) is 6.65. The minimum absolute atomic E-state index is 0.0580. The van der Waals surface area contributed by atoms with Crippen molar-refractivity contribution in [2.45, 2.75) is 38.3 Å². The lowest BCUT2D eigenvalue weighted by Crippen LogP contribution is -2.38. The topological polar surface area (TPSA) is 90.0 Å². The third kappa shape index (κ3) is 4.54. The second-order valence-electron chi connectivity index (χ2n) is 7.47. The second-order valence-corrected chi connectivity index (χ2v) is 7.47. The first kappa shape index (κ1) is 18.9. The first-order valence-electron chi connectivity index (χ1n) is 9.87. The summed E-state index contributed by atoms with van der Waals surface area (Å²) in [5.74, 6) is -0.414. The van der Waals surface area contributed by atoms with E-state index in [1.165, 1.54) is 11.1 Å². The molecule has 2 amide bonds. The third-order valence-electron chi connectivity index (χ3n) is 5.36. The maximum Gasteiger partial charge on any atom is 0.251 e. The summed E-state index contributed by atoms with van der Waals surface area (Å²) in [4.78, 5) is 23.7. The van der Waals surface area contributed by atoms with Gasteiger partial charge in [-0.1, -0.05) is 36.4 Å². The number of hydrogen-bond acceptors (Lipinski definition) is 3. The standard InChI is InChI=1S/C23H24N4O2/c24-22(28)10-11-27-15-20(14-25-27)17-6-3-7-19(12-17)23(29)26-21-9-8-16-4-1-2-5-18(16)13-21/h1-7,12,14-15,21H,8-11,13H2,(H2,24,28)(H,26,29)/t21-/m0/s1. The van der Waals surface area contributed by atoms with Crippen molar-refractivity contribution in [3.05, 3.63) is 77.6 Å². The predicted octanol–water partition coefficient (Wildman–Crippen LogP) is 2.71. The molecule has 0 radical (unpaired) electrons. The summed E-state index contributed by atoms with van der Waals surface area (Å²) < 4.78 is 1.69. The Morgan fingerprint density at radius 1 is 1.10 bits per heavy atom. The number of rotatable bonds is 6. The number of benzene rings is 2. The van der Waals surface area contributed by atoms with E-state index in [2.05, 4.69) is 34.7 Å². The van der Waals surface area contributed by atoms with Gasteiger partial charge >= 0.3 is 0 Å². The Labute approximate surface area is 169 Å². The van der Waals surface area contributed by atoms with Crippen molar-refractivity contribution in [2.75, 3.05) is 0 Å². The van der Waals surface area contributed by atoms with E-state index in [4.69, 9.17) is 5.73 Å². The molecule has 0 fully saturated rings. The van der Waals surface area contributed by atoms with Crippen LogP contribution in [0.4, 0.5) is 0 Å². The molecule has 1 aliphatic carbocycles. The number of nitrogens with one attached hydrogen (secondary N) is 1. The van der Waals surface area contributed by atoms with Crippen molar-refractivity contribution in [1.29, 1.82) is 0 Å². The molecule has 0 saturated heterocycles. The van der Waals surface area contributed by atoms with Crippen LogP contribution in [0, 0.1) is 0 Å². The molecule has 148 valence electrons. The van der Waals surface area contributed by atoms with Gasteiger partial charge in [-0.05, 0) is 48.1 Å². The van der Waals surface area contributed by atoms with E-state index in [1.54, 1.807) is 10.9 Å². The first-order valence-corrected chi connectivity index (χ1v) is 9.87. The first-order chi connectivity index (χ1) is 14.1. The van der Waals surface area contributed by atoms with Gasteiger partial charge in [0.05, 0.1) is 6.20 Å². The fourth-order valence-electron chi connectivity index (χ4n) is 3.79. The van der Waals surface area contributed by atoms with E-state index in [0.29, 0.717) is 12.1 Å². The molecule has 2 aromatic carbocycles. The van der Waals surface area contributed by atoms with Gasteiger partial charge in [0, 0.05) is 36.3 Å². The van der Waals surface area contributed by atoms with Crippen molar-refractivity contribution in [3.63, 3.8) is 0 Å². The Bertz CT molecular complexity index is 1040. The van der Waals surface area contributed by atoms with Crippen LogP contribution in [-0.2, 0) is 24.2 Å². The summed E-state index contributed by atoms with van der Waals surface area (Å²) in [6.45, 7) is 0.443. The molecule has 0 saturated carbocycles. The van der Waals surface area contributed by atoms with Crippen molar-refractivity contribution in [1.82, 2.24) is 15.1 Å². The van der Waals surface area contributed by atoms with Gasteiger partial charge in [-0.3, -0.25) is 14.3 Å². The molecule has 1 aliphatic rings. The lowest BCUT2D eigenvalue weighted by Gasteiger charge is -2.25. The number of primary amides is 1. The van der Waals surface area contributed by atoms with Crippen LogP contribution in [0.25, 0.3) is 11.1 Å². The highest BCUT2D eigenvalue weighted by Gasteiger charge is 2.20. The lowest BCUT2D eigenvalue weighted by molar-refractivity contribution is -0.118. The highest BCUT2D eigenvalue weighted by molar-refractivity contribution is 5.95. The van der Waals surface area contributed by atoms with E-state index in [0.717, 1.165) is 30.4 Å². The molecule has 0 unspecified atom stereocenters. The van der Waals surface area contributed by atoms with Crippen LogP contribution in [0.2, 0.25) is 0 Å². The van der Waals surface area contributed by atoms with Crippen LogP contribution in [0.1, 0.15) is 34.3 Å². The summed E-state index contributed by atoms with van der Waals surface area (Å²) in [5.41, 5.74) is 10.3. The van der Waals surface area contributed by atoms with Gasteiger partial charge in [-0.2, -0.15) is 5.10 Å². The van der Waals surface area contributed by atoms with Crippen LogP contribution >= 0.6 is 0 Å². The van der Waals surface area contributed by atoms with Crippen LogP contribution in [-0.4, -0.2) is 27.6 Å². The van der Waals surface area contributed by atoms with Gasteiger partial charge in [0.25, 0.3) is 5.91 Å². The normalized spacial score (nSPS) is 15.5. The average Bonchev–Trinajstić information content (AvgIpc) is 3.21. The maximum atomic E-state index is 12.8. The van der Waals surface area contributed by atoms with Gasteiger partial charge in [-0.25, -0.2) is 0 Å². The molecule has 0 bridgehead atoms. The SMILES string of the molecule is NC(=O)CCn1cc(-c2cccc(C(=O)N[C@H]3CCc4ccccc4C3)c2)cn1. The molecule has 3 N–H and O–H groups in total. The van der Waals surface area contributed by atoms with Crippen LogP contribution in [0.15, 0.2) is 60.9 Å². The Hall–Kier alpha value is -3.41. The highest BCUT2D eigenvalue weighted by Crippen LogP contribution is 2.23. The Morgan fingerprint density at radius 3 is 2.76 bits per heavy atom. The number of hydrogen-bond donors (Lipinski definition) is 2. The monoisotopic (exact) mass is 388 g/mol. The molecule has 6 heteroatoms. The van der Waals surface area contributed by atoms with Crippen LogP contribution < -0.4 is 11.1 Å². The van der Waals surface area contributed by atoms with Gasteiger partial charge in [-0.15, -0.1) is 0 Å². The zero-order valence-electron chi connectivity index (χ0n) is 16.2. The largest absolute Gasteiger partial charge is 0.370 e. The summed E-state index contributed by atoms with van der Waals surface area (Å²) in [6, 6.07) is 16.1. The summed E-state index contributed by atoms with van der Waals surface area (Å²) >= 11 is 0. The van der Waals surface area contributed by atoms with Gasteiger partial charge < -0.3 is 11.1 Å². The number of nitrogens with two attached hydrogens (primary N) is 1. The van der Waals surface area contributed by atoms with Gasteiger partial charge in [0.1, 0.15) is 0 Å². The maximum absolute atomic E-state index is 12.8. The fourth-order valence-corrected chi connectivity index (χ4v) is 3.79. The Balaban J connectivity index is 1.43. The quantitative estimate of drug-likeness (QED) is 0.680. The minimum atomic E-state index is -0.356. The summed E-state index contributed by atoms with van der Waals surface area (Å²) in [5, 5.41) is 7.44. The molecule has 1 atom stereocenters. The number of carbonyl (C=O) groups excluding carboxylic acids is 2.